The highest BCUT2D eigenvalue weighted by Gasteiger charge is 2.18. The van der Waals surface area contributed by atoms with Gasteiger partial charge in [-0.1, -0.05) is 19.6 Å². The van der Waals surface area contributed by atoms with Gasteiger partial charge >= 0.3 is 0 Å². The molecule has 1 fully saturated rings. The Morgan fingerprint density at radius 1 is 1.14 bits per heavy atom. The summed E-state index contributed by atoms with van der Waals surface area (Å²) in [4.78, 5) is 2.39. The number of ether oxygens (including phenoxy) is 1. The maximum absolute atomic E-state index is 5.49. The van der Waals surface area contributed by atoms with Crippen molar-refractivity contribution in [1.82, 2.24) is 4.90 Å². The molecule has 0 amide bonds. The molecule has 0 aliphatic carbocycles. The van der Waals surface area contributed by atoms with Crippen LogP contribution in [0.2, 0.25) is 19.6 Å². The molecule has 0 aromatic carbocycles. The molecule has 0 atom stereocenters. The SMILES string of the molecule is CO/C(=C\[Si](C)(C)C)N1CCCCC1. The van der Waals surface area contributed by atoms with E-state index in [-0.39, 0.29) is 0 Å². The van der Waals surface area contributed by atoms with Gasteiger partial charge in [0, 0.05) is 13.1 Å². The molecule has 0 unspecified atom stereocenters. The molecule has 3 heteroatoms. The Bertz CT molecular complexity index is 202. The van der Waals surface area contributed by atoms with Gasteiger partial charge in [0.1, 0.15) is 0 Å². The third-order valence-electron chi connectivity index (χ3n) is 2.43. The molecule has 1 heterocycles. The van der Waals surface area contributed by atoms with E-state index in [2.05, 4.69) is 30.2 Å². The summed E-state index contributed by atoms with van der Waals surface area (Å²) < 4.78 is 5.49. The van der Waals surface area contributed by atoms with Crippen LogP contribution < -0.4 is 0 Å². The second-order valence-electron chi connectivity index (χ2n) is 5.10. The lowest BCUT2D eigenvalue weighted by molar-refractivity contribution is 0.136. The van der Waals surface area contributed by atoms with E-state index in [1.807, 2.05) is 0 Å². The Kier molecular flexibility index (Phi) is 4.05. The molecule has 1 rings (SSSR count). The van der Waals surface area contributed by atoms with Crippen LogP contribution in [-0.2, 0) is 4.74 Å². The summed E-state index contributed by atoms with van der Waals surface area (Å²) >= 11 is 0. The van der Waals surface area contributed by atoms with Crippen LogP contribution in [0.15, 0.2) is 11.6 Å². The summed E-state index contributed by atoms with van der Waals surface area (Å²) in [5.41, 5.74) is 2.36. The van der Waals surface area contributed by atoms with Crippen LogP contribution in [0.3, 0.4) is 0 Å². The second kappa shape index (κ2) is 4.87. The summed E-state index contributed by atoms with van der Waals surface area (Å²) in [5.74, 6) is 1.11. The number of hydrogen-bond acceptors (Lipinski definition) is 2. The zero-order valence-corrected chi connectivity index (χ0v) is 11.0. The Morgan fingerprint density at radius 2 is 1.71 bits per heavy atom. The van der Waals surface area contributed by atoms with Gasteiger partial charge in [-0.25, -0.2) is 0 Å². The number of piperidine rings is 1. The van der Waals surface area contributed by atoms with Gasteiger partial charge in [0.25, 0.3) is 0 Å². The largest absolute Gasteiger partial charge is 0.483 e. The lowest BCUT2D eigenvalue weighted by atomic mass is 10.1. The minimum Gasteiger partial charge on any atom is -0.483 e. The fraction of sp³-hybridized carbons (Fsp3) is 0.818. The maximum Gasteiger partial charge on any atom is 0.180 e. The molecule has 14 heavy (non-hydrogen) atoms. The van der Waals surface area contributed by atoms with Gasteiger partial charge < -0.3 is 9.64 Å². The van der Waals surface area contributed by atoms with Gasteiger partial charge in [0.05, 0.1) is 15.2 Å². The first-order chi connectivity index (χ1) is 6.53. The number of methoxy groups -OCH3 is 1. The van der Waals surface area contributed by atoms with E-state index in [9.17, 15) is 0 Å². The van der Waals surface area contributed by atoms with Gasteiger partial charge in [-0.05, 0) is 25.0 Å². The molecule has 2 nitrogen and oxygen atoms in total. The van der Waals surface area contributed by atoms with E-state index in [1.165, 1.54) is 32.4 Å². The van der Waals surface area contributed by atoms with E-state index in [1.54, 1.807) is 7.11 Å². The van der Waals surface area contributed by atoms with Gasteiger partial charge in [-0.15, -0.1) is 0 Å². The van der Waals surface area contributed by atoms with Crippen LogP contribution in [0.4, 0.5) is 0 Å². The van der Waals surface area contributed by atoms with Crippen LogP contribution >= 0.6 is 0 Å². The Labute approximate surface area is 88.9 Å². The number of hydrogen-bond donors (Lipinski definition) is 0. The maximum atomic E-state index is 5.49. The Hall–Kier alpha value is -0.443. The molecule has 1 saturated heterocycles. The first-order valence-corrected chi connectivity index (χ1v) is 9.12. The third-order valence-corrected chi connectivity index (χ3v) is 3.55. The molecule has 0 saturated carbocycles. The van der Waals surface area contributed by atoms with Crippen molar-refractivity contribution in [2.24, 2.45) is 0 Å². The van der Waals surface area contributed by atoms with Gasteiger partial charge in [0.2, 0.25) is 0 Å². The van der Waals surface area contributed by atoms with Crippen molar-refractivity contribution in [2.75, 3.05) is 20.2 Å². The summed E-state index contributed by atoms with van der Waals surface area (Å²) in [5, 5.41) is 0. The Morgan fingerprint density at radius 3 is 2.14 bits per heavy atom. The van der Waals surface area contributed by atoms with Crippen LogP contribution in [0.25, 0.3) is 0 Å². The van der Waals surface area contributed by atoms with Crippen molar-refractivity contribution in [1.29, 1.82) is 0 Å². The minimum absolute atomic E-state index is 1.11. The monoisotopic (exact) mass is 213 g/mol. The molecule has 1 aliphatic heterocycles. The predicted molar refractivity (Wildman–Crippen MR) is 63.9 cm³/mol. The average molecular weight is 213 g/mol. The molecule has 0 bridgehead atoms. The fourth-order valence-corrected chi connectivity index (χ4v) is 2.81. The third kappa shape index (κ3) is 3.74. The van der Waals surface area contributed by atoms with Crippen molar-refractivity contribution >= 4 is 8.07 Å². The first-order valence-electron chi connectivity index (χ1n) is 5.55. The van der Waals surface area contributed by atoms with Crippen molar-refractivity contribution < 1.29 is 4.74 Å². The van der Waals surface area contributed by atoms with E-state index in [4.69, 9.17) is 4.74 Å². The van der Waals surface area contributed by atoms with Crippen LogP contribution in [0.5, 0.6) is 0 Å². The van der Waals surface area contributed by atoms with Crippen molar-refractivity contribution in [3.63, 3.8) is 0 Å². The van der Waals surface area contributed by atoms with E-state index in [0.29, 0.717) is 0 Å². The van der Waals surface area contributed by atoms with Crippen LogP contribution in [0, 0.1) is 0 Å². The van der Waals surface area contributed by atoms with E-state index < -0.39 is 8.07 Å². The normalized spacial score (nSPS) is 19.7. The average Bonchev–Trinajstić information content (AvgIpc) is 2.14. The zero-order valence-electron chi connectivity index (χ0n) is 9.97. The summed E-state index contributed by atoms with van der Waals surface area (Å²) in [7, 11) is 0.638. The fourth-order valence-electron chi connectivity index (χ4n) is 1.76. The van der Waals surface area contributed by atoms with Gasteiger partial charge in [-0.2, -0.15) is 0 Å². The topological polar surface area (TPSA) is 12.5 Å². The van der Waals surface area contributed by atoms with E-state index in [0.717, 1.165) is 5.88 Å². The predicted octanol–water partition coefficient (Wildman–Crippen LogP) is 2.84. The number of nitrogens with zero attached hydrogens (tertiary/aromatic N) is 1. The number of rotatable bonds is 3. The molecular formula is C11H23NOSi. The highest BCUT2D eigenvalue weighted by atomic mass is 28.3. The summed E-state index contributed by atoms with van der Waals surface area (Å²) in [6.07, 6.45) is 4.00. The van der Waals surface area contributed by atoms with Crippen molar-refractivity contribution in [2.45, 2.75) is 38.9 Å². The molecule has 0 radical (unpaired) electrons. The minimum atomic E-state index is -1.15. The quantitative estimate of drug-likeness (QED) is 0.528. The van der Waals surface area contributed by atoms with Gasteiger partial charge in [0.15, 0.2) is 5.88 Å². The molecule has 0 spiro atoms. The molecule has 0 aromatic rings. The lowest BCUT2D eigenvalue weighted by Gasteiger charge is -2.31. The molecule has 0 aromatic heterocycles. The van der Waals surface area contributed by atoms with Crippen LogP contribution in [0.1, 0.15) is 19.3 Å². The molecular weight excluding hydrogens is 190 g/mol. The zero-order chi connectivity index (χ0) is 10.6. The lowest BCUT2D eigenvalue weighted by Crippen LogP contribution is -2.32. The number of likely N-dealkylation sites (tertiary alicyclic amines) is 1. The molecule has 82 valence electrons. The highest BCUT2D eigenvalue weighted by Crippen LogP contribution is 2.17. The van der Waals surface area contributed by atoms with Gasteiger partial charge in [-0.3, -0.25) is 0 Å². The second-order valence-corrected chi connectivity index (χ2v) is 10.1. The standard InChI is InChI=1S/C11H23NOSi/c1-13-11(10-14(2,3)4)12-8-6-5-7-9-12/h10H,5-9H2,1-4H3/b11-10-. The summed E-state index contributed by atoms with van der Waals surface area (Å²) in [6.45, 7) is 9.37. The smallest absolute Gasteiger partial charge is 0.180 e. The van der Waals surface area contributed by atoms with Crippen LogP contribution in [-0.4, -0.2) is 33.2 Å². The highest BCUT2D eigenvalue weighted by molar-refractivity contribution is 6.81. The van der Waals surface area contributed by atoms with Crippen molar-refractivity contribution in [3.8, 4) is 0 Å². The van der Waals surface area contributed by atoms with Crippen molar-refractivity contribution in [3.05, 3.63) is 11.6 Å². The Balaban J connectivity index is 2.64. The molecule has 0 N–H and O–H groups in total. The summed E-state index contributed by atoms with van der Waals surface area (Å²) in [6, 6.07) is 0. The molecule has 1 aliphatic rings. The first kappa shape index (κ1) is 11.6. The van der Waals surface area contributed by atoms with E-state index >= 15 is 0 Å².